The Balaban J connectivity index is 1.30. The standard InChI is InChI=1S/C20H21N5O2/c26-20(17-6-9-21-10-7-17)24-11-8-19(13-24)25-12-18(22-23-25)15-27-14-16-4-2-1-3-5-16/h1-7,9-10,12,19H,8,11,13-15H2. The summed E-state index contributed by atoms with van der Waals surface area (Å²) in [6.07, 6.45) is 6.06. The molecule has 1 unspecified atom stereocenters. The van der Waals surface area contributed by atoms with E-state index >= 15 is 0 Å². The van der Waals surface area contributed by atoms with E-state index in [2.05, 4.69) is 15.3 Å². The van der Waals surface area contributed by atoms with Crippen LogP contribution in [0.1, 0.15) is 34.1 Å². The molecule has 27 heavy (non-hydrogen) atoms. The lowest BCUT2D eigenvalue weighted by atomic mass is 10.2. The lowest BCUT2D eigenvalue weighted by Crippen LogP contribution is -2.29. The van der Waals surface area contributed by atoms with E-state index in [4.69, 9.17) is 4.74 Å². The highest BCUT2D eigenvalue weighted by Gasteiger charge is 2.28. The minimum atomic E-state index is 0.0337. The fourth-order valence-corrected chi connectivity index (χ4v) is 3.22. The highest BCUT2D eigenvalue weighted by Crippen LogP contribution is 2.22. The quantitative estimate of drug-likeness (QED) is 0.673. The van der Waals surface area contributed by atoms with Gasteiger partial charge in [-0.2, -0.15) is 0 Å². The van der Waals surface area contributed by atoms with E-state index in [1.165, 1.54) is 0 Å². The van der Waals surface area contributed by atoms with Gasteiger partial charge in [0.2, 0.25) is 0 Å². The molecule has 1 fully saturated rings. The van der Waals surface area contributed by atoms with Crippen molar-refractivity contribution in [2.24, 2.45) is 0 Å². The molecule has 0 aliphatic carbocycles. The van der Waals surface area contributed by atoms with Crippen LogP contribution in [0.3, 0.4) is 0 Å². The molecule has 138 valence electrons. The Hall–Kier alpha value is -3.06. The van der Waals surface area contributed by atoms with Gasteiger partial charge >= 0.3 is 0 Å². The number of pyridine rings is 1. The van der Waals surface area contributed by atoms with Gasteiger partial charge in [-0.3, -0.25) is 9.78 Å². The summed E-state index contributed by atoms with van der Waals surface area (Å²) in [5, 5.41) is 8.43. The molecule has 1 aliphatic rings. The maximum atomic E-state index is 12.5. The molecule has 7 nitrogen and oxygen atoms in total. The Morgan fingerprint density at radius 1 is 1.11 bits per heavy atom. The molecule has 4 rings (SSSR count). The van der Waals surface area contributed by atoms with Gasteiger partial charge in [0.25, 0.3) is 5.91 Å². The summed E-state index contributed by atoms with van der Waals surface area (Å²) < 4.78 is 7.56. The molecule has 1 aliphatic heterocycles. The van der Waals surface area contributed by atoms with Gasteiger partial charge in [0, 0.05) is 31.0 Å². The number of ether oxygens (including phenoxy) is 1. The molecular weight excluding hydrogens is 342 g/mol. The summed E-state index contributed by atoms with van der Waals surface area (Å²) in [5.41, 5.74) is 2.59. The SMILES string of the molecule is O=C(c1ccncc1)N1CCC(n2cc(COCc3ccccc3)nn2)C1. The second-order valence-corrected chi connectivity index (χ2v) is 6.60. The lowest BCUT2D eigenvalue weighted by molar-refractivity contribution is 0.0786. The van der Waals surface area contributed by atoms with E-state index in [9.17, 15) is 4.79 Å². The summed E-state index contributed by atoms with van der Waals surface area (Å²) in [6, 6.07) is 13.7. The molecule has 3 heterocycles. The van der Waals surface area contributed by atoms with Crippen molar-refractivity contribution in [1.29, 1.82) is 0 Å². The van der Waals surface area contributed by atoms with Crippen molar-refractivity contribution in [2.45, 2.75) is 25.7 Å². The summed E-state index contributed by atoms with van der Waals surface area (Å²) >= 11 is 0. The van der Waals surface area contributed by atoms with Crippen molar-refractivity contribution < 1.29 is 9.53 Å². The van der Waals surface area contributed by atoms with Crippen LogP contribution in [0, 0.1) is 0 Å². The number of hydrogen-bond donors (Lipinski definition) is 0. The van der Waals surface area contributed by atoms with Gasteiger partial charge in [-0.05, 0) is 24.1 Å². The number of amides is 1. The van der Waals surface area contributed by atoms with Gasteiger partial charge in [-0.1, -0.05) is 35.5 Å². The van der Waals surface area contributed by atoms with Gasteiger partial charge in [0.15, 0.2) is 0 Å². The van der Waals surface area contributed by atoms with Gasteiger partial charge in [0.1, 0.15) is 5.69 Å². The van der Waals surface area contributed by atoms with Crippen molar-refractivity contribution in [2.75, 3.05) is 13.1 Å². The lowest BCUT2D eigenvalue weighted by Gasteiger charge is -2.16. The second-order valence-electron chi connectivity index (χ2n) is 6.60. The average Bonchev–Trinajstić information content (AvgIpc) is 3.38. The molecule has 0 bridgehead atoms. The third-order valence-corrected chi connectivity index (χ3v) is 4.67. The highest BCUT2D eigenvalue weighted by atomic mass is 16.5. The zero-order chi connectivity index (χ0) is 18.5. The van der Waals surface area contributed by atoms with Crippen LogP contribution in [0.25, 0.3) is 0 Å². The van der Waals surface area contributed by atoms with E-state index in [1.807, 2.05) is 46.1 Å². The first-order valence-corrected chi connectivity index (χ1v) is 9.01. The van der Waals surface area contributed by atoms with E-state index < -0.39 is 0 Å². The topological polar surface area (TPSA) is 73.1 Å². The predicted octanol–water partition coefficient (Wildman–Crippen LogP) is 2.48. The number of nitrogens with zero attached hydrogens (tertiary/aromatic N) is 5. The average molecular weight is 363 g/mol. The van der Waals surface area contributed by atoms with Crippen molar-refractivity contribution in [3.05, 3.63) is 77.9 Å². The van der Waals surface area contributed by atoms with Crippen molar-refractivity contribution >= 4 is 5.91 Å². The number of aromatic nitrogens is 4. The van der Waals surface area contributed by atoms with Crippen molar-refractivity contribution in [3.63, 3.8) is 0 Å². The molecule has 0 N–H and O–H groups in total. The molecule has 1 aromatic carbocycles. The fourth-order valence-electron chi connectivity index (χ4n) is 3.22. The first-order chi connectivity index (χ1) is 13.3. The van der Waals surface area contributed by atoms with Crippen molar-refractivity contribution in [1.82, 2.24) is 24.9 Å². The first kappa shape index (κ1) is 17.4. The van der Waals surface area contributed by atoms with E-state index in [1.54, 1.807) is 24.5 Å². The molecule has 2 aromatic heterocycles. The fraction of sp³-hybridized carbons (Fsp3) is 0.300. The monoisotopic (exact) mass is 363 g/mol. The number of hydrogen-bond acceptors (Lipinski definition) is 5. The molecule has 3 aromatic rings. The number of benzene rings is 1. The van der Waals surface area contributed by atoms with Crippen LogP contribution in [0.5, 0.6) is 0 Å². The van der Waals surface area contributed by atoms with Crippen LogP contribution in [0.15, 0.2) is 61.1 Å². The van der Waals surface area contributed by atoms with E-state index in [0.717, 1.165) is 17.7 Å². The largest absolute Gasteiger partial charge is 0.370 e. The van der Waals surface area contributed by atoms with Gasteiger partial charge in [0.05, 0.1) is 25.5 Å². The number of carbonyl (C=O) groups is 1. The third kappa shape index (κ3) is 4.20. The number of rotatable bonds is 6. The molecule has 1 saturated heterocycles. The summed E-state index contributed by atoms with van der Waals surface area (Å²) in [7, 11) is 0. The van der Waals surface area contributed by atoms with E-state index in [0.29, 0.717) is 31.9 Å². The molecule has 0 radical (unpaired) electrons. The Labute approximate surface area is 157 Å². The zero-order valence-electron chi connectivity index (χ0n) is 14.9. The summed E-state index contributed by atoms with van der Waals surface area (Å²) in [4.78, 5) is 18.4. The minimum Gasteiger partial charge on any atom is -0.370 e. The highest BCUT2D eigenvalue weighted by molar-refractivity contribution is 5.94. The molecule has 0 saturated carbocycles. The number of likely N-dealkylation sites (tertiary alicyclic amines) is 1. The van der Waals surface area contributed by atoms with Crippen molar-refractivity contribution in [3.8, 4) is 0 Å². The van der Waals surface area contributed by atoms with Crippen LogP contribution < -0.4 is 0 Å². The maximum Gasteiger partial charge on any atom is 0.254 e. The zero-order valence-corrected chi connectivity index (χ0v) is 14.9. The van der Waals surface area contributed by atoms with E-state index in [-0.39, 0.29) is 11.9 Å². The Kier molecular flexibility index (Phi) is 5.20. The van der Waals surface area contributed by atoms with Crippen LogP contribution >= 0.6 is 0 Å². The maximum absolute atomic E-state index is 12.5. The van der Waals surface area contributed by atoms with Crippen LogP contribution in [-0.2, 0) is 18.0 Å². The Morgan fingerprint density at radius 3 is 2.74 bits per heavy atom. The van der Waals surface area contributed by atoms with Gasteiger partial charge in [-0.15, -0.1) is 5.10 Å². The van der Waals surface area contributed by atoms with Crippen LogP contribution in [0.2, 0.25) is 0 Å². The minimum absolute atomic E-state index is 0.0337. The molecule has 7 heteroatoms. The normalized spacial score (nSPS) is 16.6. The first-order valence-electron chi connectivity index (χ1n) is 9.01. The molecule has 0 spiro atoms. The van der Waals surface area contributed by atoms with Gasteiger partial charge in [-0.25, -0.2) is 4.68 Å². The Bertz CT molecular complexity index is 882. The third-order valence-electron chi connectivity index (χ3n) is 4.67. The molecular formula is C20H21N5O2. The predicted molar refractivity (Wildman–Crippen MR) is 98.8 cm³/mol. The summed E-state index contributed by atoms with van der Waals surface area (Å²) in [5.74, 6) is 0.0337. The number of carbonyl (C=O) groups excluding carboxylic acids is 1. The van der Waals surface area contributed by atoms with Crippen LogP contribution in [-0.4, -0.2) is 43.9 Å². The summed E-state index contributed by atoms with van der Waals surface area (Å²) in [6.45, 7) is 2.31. The molecule has 1 atom stereocenters. The van der Waals surface area contributed by atoms with Gasteiger partial charge < -0.3 is 9.64 Å². The smallest absolute Gasteiger partial charge is 0.254 e. The molecule has 1 amide bonds. The van der Waals surface area contributed by atoms with Crippen LogP contribution in [0.4, 0.5) is 0 Å². The second kappa shape index (κ2) is 8.09. The Morgan fingerprint density at radius 2 is 1.93 bits per heavy atom.